The molecule has 4 nitrogen and oxygen atoms in total. The molecule has 5 aromatic rings. The summed E-state index contributed by atoms with van der Waals surface area (Å²) in [4.78, 5) is 0. The van der Waals surface area contributed by atoms with Gasteiger partial charge in [0.25, 0.3) is 0 Å². The Hall–Kier alpha value is -0.930. The third-order valence-corrected chi connectivity index (χ3v) is 7.93. The molecule has 0 unspecified atom stereocenters. The number of rotatable bonds is 4. The van der Waals surface area contributed by atoms with Crippen molar-refractivity contribution < 1.29 is 42.5 Å². The molecule has 0 bridgehead atoms. The first kappa shape index (κ1) is 19.4. The minimum Gasteiger partial charge on any atom is -0.748 e. The molecule has 0 aliphatic rings. The largest absolute Gasteiger partial charge is 1.00 e. The molecule has 0 fully saturated rings. The van der Waals surface area contributed by atoms with Gasteiger partial charge in [-0.15, -0.1) is 22.7 Å². The molecule has 132 valence electrons. The Balaban J connectivity index is 0.00000180. The summed E-state index contributed by atoms with van der Waals surface area (Å²) >= 11 is 3.55. The second-order valence-corrected chi connectivity index (χ2v) is 9.95. The Morgan fingerprint density at radius 3 is 1.81 bits per heavy atom. The predicted molar refractivity (Wildman–Crippen MR) is 109 cm³/mol. The summed E-state index contributed by atoms with van der Waals surface area (Å²) in [5, 5.41) is 2.37. The van der Waals surface area contributed by atoms with E-state index in [4.69, 9.17) is 0 Å². The standard InChI is InChI=1S/C19H15NO3S3.Na/c21-26(22,23)11-5-10-20-16-12-6-1-3-8-14(12)24-18(16)19-17(20)13-7-2-4-9-15(13)25-19;/h1-4,6-9H,5,10-11H2,(H,21,22,23);/q;+1/p-1. The van der Waals surface area contributed by atoms with E-state index >= 15 is 0 Å². The van der Waals surface area contributed by atoms with Crippen LogP contribution in [0.4, 0.5) is 0 Å². The van der Waals surface area contributed by atoms with Crippen molar-refractivity contribution in [1.29, 1.82) is 0 Å². The van der Waals surface area contributed by atoms with Gasteiger partial charge in [0.15, 0.2) is 0 Å². The van der Waals surface area contributed by atoms with Gasteiger partial charge in [-0.25, -0.2) is 8.42 Å². The first-order valence-corrected chi connectivity index (χ1v) is 11.5. The normalized spacial score (nSPS) is 12.3. The molecule has 27 heavy (non-hydrogen) atoms. The molecule has 0 saturated heterocycles. The van der Waals surface area contributed by atoms with Gasteiger partial charge in [-0.3, -0.25) is 0 Å². The van der Waals surface area contributed by atoms with Crippen molar-refractivity contribution in [3.05, 3.63) is 48.5 Å². The summed E-state index contributed by atoms with van der Waals surface area (Å²) in [6, 6.07) is 16.6. The number of nitrogens with zero attached hydrogens (tertiary/aromatic N) is 1. The summed E-state index contributed by atoms with van der Waals surface area (Å²) in [5.74, 6) is -0.335. The second kappa shape index (κ2) is 7.15. The number of benzene rings is 2. The van der Waals surface area contributed by atoms with Crippen molar-refractivity contribution in [3.63, 3.8) is 0 Å². The number of aryl methyl sites for hydroxylation is 1. The number of thiophene rings is 2. The maximum absolute atomic E-state index is 11.1. The Bertz CT molecular complexity index is 1310. The Kier molecular flexibility index (Phi) is 5.13. The van der Waals surface area contributed by atoms with Crippen molar-refractivity contribution in [3.8, 4) is 0 Å². The Morgan fingerprint density at radius 2 is 1.33 bits per heavy atom. The first-order valence-electron chi connectivity index (χ1n) is 8.27. The molecule has 3 heterocycles. The summed E-state index contributed by atoms with van der Waals surface area (Å²) in [6.07, 6.45) is 0.319. The minimum absolute atomic E-state index is 0. The SMILES string of the molecule is O=S(=O)([O-])CCCn1c2c3ccccc3sc2c2sc3ccccc3c21.[Na+]. The van der Waals surface area contributed by atoms with Gasteiger partial charge in [0.1, 0.15) is 0 Å². The molecular formula is C19H14NNaO3S3. The fourth-order valence-electron chi connectivity index (χ4n) is 3.64. The van der Waals surface area contributed by atoms with E-state index < -0.39 is 10.1 Å². The molecule has 0 amide bonds. The van der Waals surface area contributed by atoms with Crippen LogP contribution < -0.4 is 29.6 Å². The van der Waals surface area contributed by atoms with Crippen molar-refractivity contribution in [2.45, 2.75) is 13.0 Å². The zero-order valence-electron chi connectivity index (χ0n) is 14.6. The minimum atomic E-state index is -4.20. The van der Waals surface area contributed by atoms with Crippen LogP contribution in [0.5, 0.6) is 0 Å². The van der Waals surface area contributed by atoms with Gasteiger partial charge in [0.2, 0.25) is 0 Å². The van der Waals surface area contributed by atoms with Crippen LogP contribution in [0.1, 0.15) is 6.42 Å². The van der Waals surface area contributed by atoms with Gasteiger partial charge in [-0.1, -0.05) is 36.4 Å². The van der Waals surface area contributed by atoms with E-state index in [0.717, 1.165) is 11.0 Å². The summed E-state index contributed by atoms with van der Waals surface area (Å²) in [6.45, 7) is 0.517. The van der Waals surface area contributed by atoms with E-state index in [0.29, 0.717) is 13.0 Å². The van der Waals surface area contributed by atoms with Crippen molar-refractivity contribution in [2.24, 2.45) is 0 Å². The van der Waals surface area contributed by atoms with Gasteiger partial charge in [-0.2, -0.15) is 0 Å². The van der Waals surface area contributed by atoms with Gasteiger partial charge in [0.05, 0.1) is 30.6 Å². The Morgan fingerprint density at radius 1 is 0.852 bits per heavy atom. The van der Waals surface area contributed by atoms with Crippen LogP contribution in [0.3, 0.4) is 0 Å². The van der Waals surface area contributed by atoms with Crippen LogP contribution >= 0.6 is 22.7 Å². The average molecular weight is 424 g/mol. The molecule has 0 N–H and O–H groups in total. The zero-order valence-corrected chi connectivity index (χ0v) is 19.1. The fraction of sp³-hybridized carbons (Fsp3) is 0.158. The molecule has 8 heteroatoms. The summed E-state index contributed by atoms with van der Waals surface area (Å²) in [7, 11) is -4.20. The van der Waals surface area contributed by atoms with E-state index in [9.17, 15) is 13.0 Å². The molecule has 0 aliphatic carbocycles. The quantitative estimate of drug-likeness (QED) is 0.329. The zero-order chi connectivity index (χ0) is 17.9. The number of aromatic nitrogens is 1. The first-order chi connectivity index (χ1) is 12.5. The summed E-state index contributed by atoms with van der Waals surface area (Å²) in [5.41, 5.74) is 2.31. The molecule has 0 atom stereocenters. The topological polar surface area (TPSA) is 62.1 Å². The van der Waals surface area contributed by atoms with Crippen molar-refractivity contribution >= 4 is 73.4 Å². The molecule has 0 spiro atoms. The summed E-state index contributed by atoms with van der Waals surface area (Å²) < 4.78 is 40.3. The van der Waals surface area contributed by atoms with Crippen molar-refractivity contribution in [1.82, 2.24) is 4.57 Å². The number of fused-ring (bicyclic) bond motifs is 7. The van der Waals surface area contributed by atoms with E-state index in [1.54, 1.807) is 22.7 Å². The molecule has 2 aromatic carbocycles. The van der Waals surface area contributed by atoms with E-state index in [1.807, 2.05) is 24.3 Å². The predicted octanol–water partition coefficient (Wildman–Crippen LogP) is 2.16. The fourth-order valence-corrected chi connectivity index (χ4v) is 6.67. The smallest absolute Gasteiger partial charge is 0.748 e. The molecular weight excluding hydrogens is 409 g/mol. The third-order valence-electron chi connectivity index (χ3n) is 4.66. The molecule has 0 radical (unpaired) electrons. The van der Waals surface area contributed by atoms with Crippen LogP contribution in [0.15, 0.2) is 48.5 Å². The molecule has 0 saturated carbocycles. The average Bonchev–Trinajstić information content (AvgIpc) is 3.23. The van der Waals surface area contributed by atoms with Crippen LogP contribution in [-0.4, -0.2) is 23.3 Å². The maximum Gasteiger partial charge on any atom is 1.00 e. The number of hydrogen-bond donors (Lipinski definition) is 0. The number of hydrogen-bond acceptors (Lipinski definition) is 5. The van der Waals surface area contributed by atoms with Crippen LogP contribution in [0, 0.1) is 0 Å². The van der Waals surface area contributed by atoms with E-state index in [2.05, 4.69) is 28.8 Å². The van der Waals surface area contributed by atoms with Gasteiger partial charge in [0, 0.05) is 32.5 Å². The molecule has 0 aliphatic heterocycles. The van der Waals surface area contributed by atoms with Crippen LogP contribution in [0.2, 0.25) is 0 Å². The van der Waals surface area contributed by atoms with Crippen molar-refractivity contribution in [2.75, 3.05) is 5.75 Å². The monoisotopic (exact) mass is 423 g/mol. The van der Waals surface area contributed by atoms with Gasteiger partial charge >= 0.3 is 29.6 Å². The van der Waals surface area contributed by atoms with Crippen LogP contribution in [0.25, 0.3) is 40.6 Å². The van der Waals surface area contributed by atoms with E-state index in [-0.39, 0.29) is 35.3 Å². The van der Waals surface area contributed by atoms with Crippen LogP contribution in [-0.2, 0) is 16.7 Å². The van der Waals surface area contributed by atoms with E-state index in [1.165, 1.54) is 29.6 Å². The maximum atomic E-state index is 11.1. The van der Waals surface area contributed by atoms with Gasteiger partial charge in [-0.05, 0) is 18.6 Å². The second-order valence-electron chi connectivity index (χ2n) is 6.32. The Labute approximate surface area is 186 Å². The third kappa shape index (κ3) is 3.25. The van der Waals surface area contributed by atoms with Gasteiger partial charge < -0.3 is 9.12 Å². The molecule has 3 aromatic heterocycles. The molecule has 5 rings (SSSR count).